The molecule has 0 aromatic carbocycles. The van der Waals surface area contributed by atoms with Gasteiger partial charge in [-0.25, -0.2) is 0 Å². The molecule has 2 fully saturated rings. The summed E-state index contributed by atoms with van der Waals surface area (Å²) in [5.74, 6) is -2.12. The molecule has 0 saturated carbocycles. The van der Waals surface area contributed by atoms with E-state index in [1.165, 1.54) is 0 Å². The lowest BCUT2D eigenvalue weighted by atomic mass is 10.4. The van der Waals surface area contributed by atoms with E-state index in [1.807, 2.05) is 0 Å². The normalized spacial score (nSPS) is 18.4. The van der Waals surface area contributed by atoms with E-state index < -0.39 is 23.6 Å². The van der Waals surface area contributed by atoms with Crippen LogP contribution in [-0.2, 0) is 19.2 Å². The summed E-state index contributed by atoms with van der Waals surface area (Å²) in [6, 6.07) is 0. The van der Waals surface area contributed by atoms with Gasteiger partial charge >= 0.3 is 23.6 Å². The number of hydrogen-bond donors (Lipinski definition) is 4. The average molecular weight is 246 g/mol. The minimum absolute atomic E-state index is 0. The third kappa shape index (κ3) is 4.93. The van der Waals surface area contributed by atoms with Crippen LogP contribution in [0, 0.1) is 0 Å². The van der Waals surface area contributed by atoms with Gasteiger partial charge < -0.3 is 26.7 Å². The van der Waals surface area contributed by atoms with Crippen molar-refractivity contribution in [2.45, 2.75) is 0 Å². The average Bonchev–Trinajstić information content (AvgIpc) is 2.28. The summed E-state index contributed by atoms with van der Waals surface area (Å²) in [7, 11) is 0. The molecule has 0 aromatic rings. The standard InChI is InChI=1S/2C4H6N2O2.H2O/c2*7-3-4(8)6-2-1-5-3;/h2*1-2H2,(H,5,7)(H,6,8);1H2. The number of rotatable bonds is 0. The van der Waals surface area contributed by atoms with Crippen molar-refractivity contribution in [1.29, 1.82) is 0 Å². The predicted octanol–water partition coefficient (Wildman–Crippen LogP) is -4.36. The van der Waals surface area contributed by atoms with Gasteiger partial charge in [0.25, 0.3) is 0 Å². The van der Waals surface area contributed by atoms with Gasteiger partial charge in [-0.2, -0.15) is 0 Å². The number of amides is 4. The van der Waals surface area contributed by atoms with Gasteiger partial charge in [0.2, 0.25) is 0 Å². The molecule has 4 amide bonds. The first-order valence-electron chi connectivity index (χ1n) is 4.73. The summed E-state index contributed by atoms with van der Waals surface area (Å²) in [6.07, 6.45) is 0. The Morgan fingerprint density at radius 3 is 0.824 bits per heavy atom. The highest BCUT2D eigenvalue weighted by atomic mass is 16.2. The van der Waals surface area contributed by atoms with Crippen LogP contribution in [0.3, 0.4) is 0 Å². The van der Waals surface area contributed by atoms with Crippen molar-refractivity contribution in [3.05, 3.63) is 0 Å². The van der Waals surface area contributed by atoms with Crippen LogP contribution in [0.1, 0.15) is 0 Å². The van der Waals surface area contributed by atoms with E-state index in [0.29, 0.717) is 26.2 Å². The van der Waals surface area contributed by atoms with Crippen LogP contribution in [0.4, 0.5) is 0 Å². The van der Waals surface area contributed by atoms with Gasteiger partial charge in [-0.3, -0.25) is 19.2 Å². The molecule has 2 heterocycles. The maximum absolute atomic E-state index is 10.3. The molecule has 0 aromatic heterocycles. The lowest BCUT2D eigenvalue weighted by molar-refractivity contribution is -0.140. The zero-order valence-electron chi connectivity index (χ0n) is 8.96. The Bertz CT molecular complexity index is 266. The Labute approximate surface area is 96.6 Å². The van der Waals surface area contributed by atoms with Gasteiger partial charge in [-0.1, -0.05) is 0 Å². The summed E-state index contributed by atoms with van der Waals surface area (Å²) >= 11 is 0. The Balaban J connectivity index is 0.000000284. The van der Waals surface area contributed by atoms with Crippen LogP contribution in [0.25, 0.3) is 0 Å². The Morgan fingerprint density at radius 1 is 0.529 bits per heavy atom. The first-order chi connectivity index (χ1) is 7.61. The van der Waals surface area contributed by atoms with Gasteiger partial charge in [-0.05, 0) is 0 Å². The zero-order valence-corrected chi connectivity index (χ0v) is 8.96. The first kappa shape index (κ1) is 14.8. The van der Waals surface area contributed by atoms with Gasteiger partial charge in [0.15, 0.2) is 0 Å². The molecule has 9 nitrogen and oxygen atoms in total. The number of carbonyl (C=O) groups excluding carboxylic acids is 4. The maximum Gasteiger partial charge on any atom is 0.309 e. The van der Waals surface area contributed by atoms with Gasteiger partial charge in [0, 0.05) is 26.2 Å². The van der Waals surface area contributed by atoms with E-state index in [4.69, 9.17) is 0 Å². The van der Waals surface area contributed by atoms with Crippen LogP contribution < -0.4 is 21.3 Å². The number of hydrogen-bond acceptors (Lipinski definition) is 4. The third-order valence-corrected chi connectivity index (χ3v) is 1.80. The molecule has 0 unspecified atom stereocenters. The third-order valence-electron chi connectivity index (χ3n) is 1.80. The van der Waals surface area contributed by atoms with Crippen molar-refractivity contribution in [2.75, 3.05) is 26.2 Å². The molecular formula is C8H14N4O5. The minimum atomic E-state index is -0.531. The minimum Gasteiger partial charge on any atom is -0.412 e. The highest BCUT2D eigenvalue weighted by Gasteiger charge is 2.16. The van der Waals surface area contributed by atoms with Crippen molar-refractivity contribution < 1.29 is 24.7 Å². The summed E-state index contributed by atoms with van der Waals surface area (Å²) in [6.45, 7) is 2.18. The van der Waals surface area contributed by atoms with E-state index in [9.17, 15) is 19.2 Å². The summed E-state index contributed by atoms with van der Waals surface area (Å²) in [5, 5.41) is 9.52. The Hall–Kier alpha value is -2.16. The van der Waals surface area contributed by atoms with Crippen LogP contribution >= 0.6 is 0 Å². The van der Waals surface area contributed by atoms with Crippen LogP contribution in [0.5, 0.6) is 0 Å². The van der Waals surface area contributed by atoms with E-state index >= 15 is 0 Å². The number of piperazine rings is 2. The lowest BCUT2D eigenvalue weighted by Crippen LogP contribution is -2.49. The SMILES string of the molecule is O.O=C1NCCNC1=O.O=C1NCCNC1=O. The van der Waals surface area contributed by atoms with E-state index in [0.717, 1.165) is 0 Å². The Kier molecular flexibility index (Phi) is 6.26. The molecule has 0 spiro atoms. The van der Waals surface area contributed by atoms with Crippen molar-refractivity contribution in [3.63, 3.8) is 0 Å². The molecule has 17 heavy (non-hydrogen) atoms. The second kappa shape index (κ2) is 7.17. The molecule has 0 bridgehead atoms. The smallest absolute Gasteiger partial charge is 0.309 e. The largest absolute Gasteiger partial charge is 0.412 e. The first-order valence-corrected chi connectivity index (χ1v) is 4.73. The van der Waals surface area contributed by atoms with Crippen molar-refractivity contribution in [2.24, 2.45) is 0 Å². The number of carbonyl (C=O) groups is 4. The quantitative estimate of drug-likeness (QED) is 0.319. The highest BCUT2D eigenvalue weighted by molar-refractivity contribution is 6.35. The number of nitrogens with one attached hydrogen (secondary N) is 4. The molecule has 0 aliphatic carbocycles. The molecule has 2 aliphatic heterocycles. The summed E-state index contributed by atoms with van der Waals surface area (Å²) in [4.78, 5) is 41.1. The molecule has 0 atom stereocenters. The molecule has 2 aliphatic rings. The second-order valence-electron chi connectivity index (χ2n) is 3.02. The Morgan fingerprint density at radius 2 is 0.706 bits per heavy atom. The predicted molar refractivity (Wildman–Crippen MR) is 55.7 cm³/mol. The molecule has 2 saturated heterocycles. The molecule has 96 valence electrons. The van der Waals surface area contributed by atoms with E-state index in [-0.39, 0.29) is 5.48 Å². The topological polar surface area (TPSA) is 148 Å². The van der Waals surface area contributed by atoms with Crippen molar-refractivity contribution in [1.82, 2.24) is 21.3 Å². The summed E-state index contributed by atoms with van der Waals surface area (Å²) < 4.78 is 0. The summed E-state index contributed by atoms with van der Waals surface area (Å²) in [5.41, 5.74) is 0. The maximum atomic E-state index is 10.3. The van der Waals surface area contributed by atoms with Crippen LogP contribution in [-0.4, -0.2) is 55.3 Å². The molecule has 6 N–H and O–H groups in total. The van der Waals surface area contributed by atoms with E-state index in [1.54, 1.807) is 0 Å². The highest BCUT2D eigenvalue weighted by Crippen LogP contribution is 1.74. The monoisotopic (exact) mass is 246 g/mol. The van der Waals surface area contributed by atoms with Crippen molar-refractivity contribution in [3.8, 4) is 0 Å². The van der Waals surface area contributed by atoms with Gasteiger partial charge in [-0.15, -0.1) is 0 Å². The molecule has 9 heteroatoms. The van der Waals surface area contributed by atoms with Crippen LogP contribution in [0.2, 0.25) is 0 Å². The fourth-order valence-corrected chi connectivity index (χ4v) is 1.03. The van der Waals surface area contributed by atoms with Crippen LogP contribution in [0.15, 0.2) is 0 Å². The molecule has 2 rings (SSSR count). The molecule has 0 radical (unpaired) electrons. The van der Waals surface area contributed by atoms with Crippen molar-refractivity contribution >= 4 is 23.6 Å². The fraction of sp³-hybridized carbons (Fsp3) is 0.500. The lowest BCUT2D eigenvalue weighted by Gasteiger charge is -2.10. The molecular weight excluding hydrogens is 232 g/mol. The van der Waals surface area contributed by atoms with Gasteiger partial charge in [0.05, 0.1) is 0 Å². The fourth-order valence-electron chi connectivity index (χ4n) is 1.03. The van der Waals surface area contributed by atoms with Gasteiger partial charge in [0.1, 0.15) is 0 Å². The van der Waals surface area contributed by atoms with E-state index in [2.05, 4.69) is 21.3 Å². The second-order valence-corrected chi connectivity index (χ2v) is 3.02. The zero-order chi connectivity index (χ0) is 12.0.